The first-order valence-electron chi connectivity index (χ1n) is 5.23. The van der Waals surface area contributed by atoms with Gasteiger partial charge in [0, 0.05) is 30.5 Å². The van der Waals surface area contributed by atoms with Crippen molar-refractivity contribution in [2.24, 2.45) is 5.92 Å². The Morgan fingerprint density at radius 1 is 1.33 bits per heavy atom. The highest BCUT2D eigenvalue weighted by Crippen LogP contribution is 2.16. The number of carbonyl (C=O) groups excluding carboxylic acids is 1. The summed E-state index contributed by atoms with van der Waals surface area (Å²) >= 11 is 5.80. The van der Waals surface area contributed by atoms with E-state index in [0.29, 0.717) is 12.2 Å². The van der Waals surface area contributed by atoms with Gasteiger partial charge in [-0.2, -0.15) is 0 Å². The van der Waals surface area contributed by atoms with Gasteiger partial charge in [0.05, 0.1) is 0 Å². The normalized spacial score (nSPS) is 21.7. The van der Waals surface area contributed by atoms with E-state index < -0.39 is 0 Å². The van der Waals surface area contributed by atoms with Gasteiger partial charge < -0.3 is 5.32 Å². The van der Waals surface area contributed by atoms with E-state index in [4.69, 9.17) is 11.6 Å². The second kappa shape index (κ2) is 4.77. The van der Waals surface area contributed by atoms with Crippen LogP contribution in [0.3, 0.4) is 0 Å². The SMILES string of the molecule is O=C1CCNCC1Cc1ccc(Cl)cc1. The molecule has 0 aliphatic carbocycles. The molecule has 0 bridgehead atoms. The third-order valence-electron chi connectivity index (χ3n) is 2.79. The number of hydrogen-bond acceptors (Lipinski definition) is 2. The van der Waals surface area contributed by atoms with E-state index in [1.54, 1.807) is 0 Å². The summed E-state index contributed by atoms with van der Waals surface area (Å²) in [5.74, 6) is 0.517. The molecule has 0 spiro atoms. The van der Waals surface area contributed by atoms with Crippen LogP contribution >= 0.6 is 11.6 Å². The largest absolute Gasteiger partial charge is 0.316 e. The van der Waals surface area contributed by atoms with Crippen molar-refractivity contribution in [3.8, 4) is 0 Å². The van der Waals surface area contributed by atoms with Gasteiger partial charge in [-0.25, -0.2) is 0 Å². The maximum Gasteiger partial charge on any atom is 0.138 e. The van der Waals surface area contributed by atoms with Crippen LogP contribution in [0.5, 0.6) is 0 Å². The minimum absolute atomic E-state index is 0.139. The van der Waals surface area contributed by atoms with Gasteiger partial charge >= 0.3 is 0 Å². The second-order valence-electron chi connectivity index (χ2n) is 3.95. The summed E-state index contributed by atoms with van der Waals surface area (Å²) in [6.07, 6.45) is 1.49. The number of nitrogens with one attached hydrogen (secondary N) is 1. The van der Waals surface area contributed by atoms with E-state index in [1.807, 2.05) is 24.3 Å². The topological polar surface area (TPSA) is 29.1 Å². The molecule has 0 amide bonds. The fourth-order valence-electron chi connectivity index (χ4n) is 1.90. The molecule has 1 aliphatic heterocycles. The molecular formula is C12H14ClNO. The van der Waals surface area contributed by atoms with Gasteiger partial charge in [-0.1, -0.05) is 23.7 Å². The summed E-state index contributed by atoms with van der Waals surface area (Å²) in [6, 6.07) is 7.73. The highest BCUT2D eigenvalue weighted by Gasteiger charge is 2.21. The molecule has 0 aromatic heterocycles. The van der Waals surface area contributed by atoms with Crippen molar-refractivity contribution < 1.29 is 4.79 Å². The number of rotatable bonds is 2. The Kier molecular flexibility index (Phi) is 3.39. The number of halogens is 1. The van der Waals surface area contributed by atoms with Crippen LogP contribution in [0.15, 0.2) is 24.3 Å². The van der Waals surface area contributed by atoms with Crippen molar-refractivity contribution in [2.75, 3.05) is 13.1 Å². The molecule has 1 heterocycles. The molecule has 0 saturated carbocycles. The quantitative estimate of drug-likeness (QED) is 0.832. The number of carbonyl (C=O) groups is 1. The maximum atomic E-state index is 11.6. The molecule has 1 N–H and O–H groups in total. The summed E-state index contributed by atoms with van der Waals surface area (Å²) in [6.45, 7) is 1.64. The van der Waals surface area contributed by atoms with Gasteiger partial charge in [-0.3, -0.25) is 4.79 Å². The van der Waals surface area contributed by atoms with Crippen LogP contribution in [-0.2, 0) is 11.2 Å². The lowest BCUT2D eigenvalue weighted by Crippen LogP contribution is -2.37. The van der Waals surface area contributed by atoms with Crippen molar-refractivity contribution >= 4 is 17.4 Å². The summed E-state index contributed by atoms with van der Waals surface area (Å²) in [5.41, 5.74) is 1.18. The maximum absolute atomic E-state index is 11.6. The molecule has 2 rings (SSSR count). The average Bonchev–Trinajstić information content (AvgIpc) is 2.25. The fourth-order valence-corrected chi connectivity index (χ4v) is 2.02. The highest BCUT2D eigenvalue weighted by atomic mass is 35.5. The van der Waals surface area contributed by atoms with Crippen LogP contribution in [0.4, 0.5) is 0 Å². The zero-order valence-electron chi connectivity index (χ0n) is 8.50. The number of Topliss-reactive ketones (excluding diaryl/α,β-unsaturated/α-hetero) is 1. The molecule has 1 aromatic rings. The molecule has 2 nitrogen and oxygen atoms in total. The Morgan fingerprint density at radius 3 is 2.73 bits per heavy atom. The van der Waals surface area contributed by atoms with Crippen LogP contribution in [-0.4, -0.2) is 18.9 Å². The Hall–Kier alpha value is -0.860. The van der Waals surface area contributed by atoms with Gasteiger partial charge in [-0.15, -0.1) is 0 Å². The third kappa shape index (κ3) is 2.80. The van der Waals surface area contributed by atoms with Crippen molar-refractivity contribution in [1.29, 1.82) is 0 Å². The predicted molar refractivity (Wildman–Crippen MR) is 61.1 cm³/mol. The van der Waals surface area contributed by atoms with Crippen LogP contribution in [0.1, 0.15) is 12.0 Å². The van der Waals surface area contributed by atoms with Gasteiger partial charge in [0.25, 0.3) is 0 Å². The van der Waals surface area contributed by atoms with Crippen LogP contribution in [0, 0.1) is 5.92 Å². The zero-order valence-corrected chi connectivity index (χ0v) is 9.26. The first-order valence-corrected chi connectivity index (χ1v) is 5.61. The number of piperidine rings is 1. The Bertz CT molecular complexity index is 347. The van der Waals surface area contributed by atoms with E-state index in [-0.39, 0.29) is 5.92 Å². The van der Waals surface area contributed by atoms with Crippen molar-refractivity contribution in [2.45, 2.75) is 12.8 Å². The Morgan fingerprint density at radius 2 is 2.07 bits per heavy atom. The van der Waals surface area contributed by atoms with E-state index in [9.17, 15) is 4.79 Å². The standard InChI is InChI=1S/C12H14ClNO/c13-11-3-1-9(2-4-11)7-10-8-14-6-5-12(10)15/h1-4,10,14H,5-8H2. The summed E-state index contributed by atoms with van der Waals surface area (Å²) in [7, 11) is 0. The lowest BCUT2D eigenvalue weighted by molar-refractivity contribution is -0.123. The van der Waals surface area contributed by atoms with Gasteiger partial charge in [0.1, 0.15) is 5.78 Å². The van der Waals surface area contributed by atoms with Gasteiger partial charge in [-0.05, 0) is 24.1 Å². The Balaban J connectivity index is 2.01. The van der Waals surface area contributed by atoms with Gasteiger partial charge in [0.15, 0.2) is 0 Å². The number of benzene rings is 1. The van der Waals surface area contributed by atoms with Crippen molar-refractivity contribution in [3.05, 3.63) is 34.9 Å². The Labute approximate surface area is 94.6 Å². The smallest absolute Gasteiger partial charge is 0.138 e. The van der Waals surface area contributed by atoms with Crippen LogP contribution in [0.2, 0.25) is 5.02 Å². The highest BCUT2D eigenvalue weighted by molar-refractivity contribution is 6.30. The van der Waals surface area contributed by atoms with Crippen LogP contribution in [0.25, 0.3) is 0 Å². The lowest BCUT2D eigenvalue weighted by Gasteiger charge is -2.21. The van der Waals surface area contributed by atoms with Gasteiger partial charge in [0.2, 0.25) is 0 Å². The molecule has 1 aromatic carbocycles. The predicted octanol–water partition coefficient (Wildman–Crippen LogP) is 2.06. The van der Waals surface area contributed by atoms with Crippen molar-refractivity contribution in [1.82, 2.24) is 5.32 Å². The molecule has 3 heteroatoms. The molecule has 15 heavy (non-hydrogen) atoms. The average molecular weight is 224 g/mol. The van der Waals surface area contributed by atoms with Crippen molar-refractivity contribution in [3.63, 3.8) is 0 Å². The van der Waals surface area contributed by atoms with E-state index in [1.165, 1.54) is 5.56 Å². The lowest BCUT2D eigenvalue weighted by atomic mass is 9.91. The first kappa shape index (κ1) is 10.7. The summed E-state index contributed by atoms with van der Waals surface area (Å²) in [4.78, 5) is 11.6. The molecule has 80 valence electrons. The minimum Gasteiger partial charge on any atom is -0.316 e. The molecule has 1 aliphatic rings. The molecule has 1 unspecified atom stereocenters. The zero-order chi connectivity index (χ0) is 10.7. The van der Waals surface area contributed by atoms with E-state index >= 15 is 0 Å². The third-order valence-corrected chi connectivity index (χ3v) is 3.04. The summed E-state index contributed by atoms with van der Waals surface area (Å²) < 4.78 is 0. The monoisotopic (exact) mass is 223 g/mol. The first-order chi connectivity index (χ1) is 7.25. The van der Waals surface area contributed by atoms with E-state index in [2.05, 4.69) is 5.32 Å². The molecule has 1 atom stereocenters. The molecular weight excluding hydrogens is 210 g/mol. The number of hydrogen-bond donors (Lipinski definition) is 1. The minimum atomic E-state index is 0.139. The second-order valence-corrected chi connectivity index (χ2v) is 4.38. The number of ketones is 1. The molecule has 0 radical (unpaired) electrons. The van der Waals surface area contributed by atoms with E-state index in [0.717, 1.165) is 24.5 Å². The summed E-state index contributed by atoms with van der Waals surface area (Å²) in [5, 5.41) is 3.99. The molecule has 1 fully saturated rings. The van der Waals surface area contributed by atoms with Crippen LogP contribution < -0.4 is 5.32 Å². The fraction of sp³-hybridized carbons (Fsp3) is 0.417. The molecule has 1 saturated heterocycles.